The molecule has 1 amide bonds. The van der Waals surface area contributed by atoms with Crippen LogP contribution in [-0.2, 0) is 4.79 Å². The Kier molecular flexibility index (Phi) is 6.68. The molecule has 0 saturated heterocycles. The number of hydrogen-bond acceptors (Lipinski definition) is 3. The van der Waals surface area contributed by atoms with Crippen molar-refractivity contribution in [2.24, 2.45) is 0 Å². The highest BCUT2D eigenvalue weighted by atomic mass is 32.2. The van der Waals surface area contributed by atoms with Gasteiger partial charge in [0.25, 0.3) is 0 Å². The quantitative estimate of drug-likeness (QED) is 0.716. The monoisotopic (exact) mass is 221 g/mol. The Labute approximate surface area is 90.9 Å². The van der Waals surface area contributed by atoms with Crippen molar-refractivity contribution in [1.29, 1.82) is 0 Å². The minimum absolute atomic E-state index is 0.115. The standard InChI is InChI=1S/C9H19NOS2/c1-5-8(6-13-4)10(3)9(11)7(2)12/h7-8,12H,5-6H2,1-4H3. The van der Waals surface area contributed by atoms with Crippen molar-refractivity contribution >= 4 is 30.3 Å². The van der Waals surface area contributed by atoms with E-state index in [-0.39, 0.29) is 11.2 Å². The molecule has 0 radical (unpaired) electrons. The Morgan fingerprint density at radius 1 is 1.62 bits per heavy atom. The normalized spacial score (nSPS) is 15.2. The van der Waals surface area contributed by atoms with Gasteiger partial charge >= 0.3 is 0 Å². The summed E-state index contributed by atoms with van der Waals surface area (Å²) < 4.78 is 0. The summed E-state index contributed by atoms with van der Waals surface area (Å²) in [6.07, 6.45) is 3.06. The third kappa shape index (κ3) is 4.27. The molecule has 0 aromatic heterocycles. The number of thiol groups is 1. The summed E-state index contributed by atoms with van der Waals surface area (Å²) >= 11 is 5.91. The molecule has 0 heterocycles. The van der Waals surface area contributed by atoms with Gasteiger partial charge < -0.3 is 4.90 Å². The fourth-order valence-electron chi connectivity index (χ4n) is 1.17. The van der Waals surface area contributed by atoms with Crippen LogP contribution in [0.4, 0.5) is 0 Å². The molecule has 0 aliphatic rings. The lowest BCUT2D eigenvalue weighted by molar-refractivity contribution is -0.130. The molecule has 0 fully saturated rings. The summed E-state index contributed by atoms with van der Waals surface area (Å²) in [7, 11) is 1.86. The van der Waals surface area contributed by atoms with E-state index in [0.29, 0.717) is 6.04 Å². The van der Waals surface area contributed by atoms with Crippen molar-refractivity contribution in [3.8, 4) is 0 Å². The Balaban J connectivity index is 4.18. The zero-order valence-electron chi connectivity index (χ0n) is 8.78. The first-order chi connectivity index (χ1) is 6.04. The van der Waals surface area contributed by atoms with Crippen molar-refractivity contribution in [3.63, 3.8) is 0 Å². The molecule has 0 rings (SSSR count). The van der Waals surface area contributed by atoms with E-state index in [9.17, 15) is 4.79 Å². The number of hydrogen-bond donors (Lipinski definition) is 1. The molecule has 0 spiro atoms. The molecule has 78 valence electrons. The van der Waals surface area contributed by atoms with E-state index in [2.05, 4.69) is 25.8 Å². The van der Waals surface area contributed by atoms with Crippen LogP contribution in [0.2, 0.25) is 0 Å². The summed E-state index contributed by atoms with van der Waals surface area (Å²) in [5.41, 5.74) is 0. The lowest BCUT2D eigenvalue weighted by atomic mass is 10.2. The van der Waals surface area contributed by atoms with Crippen LogP contribution in [0.3, 0.4) is 0 Å². The summed E-state index contributed by atoms with van der Waals surface area (Å²) in [4.78, 5) is 13.4. The smallest absolute Gasteiger partial charge is 0.235 e. The Hall–Kier alpha value is 0.170. The van der Waals surface area contributed by atoms with Gasteiger partial charge in [-0.2, -0.15) is 24.4 Å². The van der Waals surface area contributed by atoms with Crippen LogP contribution < -0.4 is 0 Å². The highest BCUT2D eigenvalue weighted by Crippen LogP contribution is 2.11. The van der Waals surface area contributed by atoms with E-state index in [0.717, 1.165) is 12.2 Å². The second-order valence-corrected chi connectivity index (χ2v) is 4.83. The summed E-state index contributed by atoms with van der Waals surface area (Å²) in [5.74, 6) is 1.11. The summed E-state index contributed by atoms with van der Waals surface area (Å²) in [6, 6.07) is 0.345. The average molecular weight is 221 g/mol. The number of rotatable bonds is 5. The first kappa shape index (κ1) is 13.2. The van der Waals surface area contributed by atoms with Gasteiger partial charge in [-0.3, -0.25) is 4.79 Å². The molecule has 0 aromatic carbocycles. The third-order valence-electron chi connectivity index (χ3n) is 2.08. The molecule has 13 heavy (non-hydrogen) atoms. The second-order valence-electron chi connectivity index (χ2n) is 3.14. The van der Waals surface area contributed by atoms with Crippen LogP contribution in [0.25, 0.3) is 0 Å². The number of carbonyl (C=O) groups excluding carboxylic acids is 1. The molecule has 0 aliphatic carbocycles. The van der Waals surface area contributed by atoms with E-state index in [1.165, 1.54) is 0 Å². The number of amides is 1. The molecule has 4 heteroatoms. The van der Waals surface area contributed by atoms with E-state index in [1.807, 2.05) is 18.9 Å². The van der Waals surface area contributed by atoms with Crippen molar-refractivity contribution in [2.45, 2.75) is 31.6 Å². The van der Waals surface area contributed by atoms with Gasteiger partial charge in [-0.1, -0.05) is 6.92 Å². The van der Waals surface area contributed by atoms with Crippen LogP contribution >= 0.6 is 24.4 Å². The second kappa shape index (κ2) is 6.60. The summed E-state index contributed by atoms with van der Waals surface area (Å²) in [6.45, 7) is 3.92. The van der Waals surface area contributed by atoms with E-state index in [1.54, 1.807) is 11.8 Å². The predicted octanol–water partition coefficient (Wildman–Crippen LogP) is 1.90. The van der Waals surface area contributed by atoms with Crippen LogP contribution in [0.15, 0.2) is 0 Å². The molecule has 0 saturated carbocycles. The van der Waals surface area contributed by atoms with Gasteiger partial charge in [0.2, 0.25) is 5.91 Å². The van der Waals surface area contributed by atoms with E-state index in [4.69, 9.17) is 0 Å². The van der Waals surface area contributed by atoms with E-state index < -0.39 is 0 Å². The van der Waals surface area contributed by atoms with Crippen molar-refractivity contribution in [2.75, 3.05) is 19.1 Å². The van der Waals surface area contributed by atoms with Gasteiger partial charge in [-0.15, -0.1) is 0 Å². The lowest BCUT2D eigenvalue weighted by Crippen LogP contribution is -2.41. The third-order valence-corrected chi connectivity index (χ3v) is 3.02. The Bertz CT molecular complexity index is 162. The highest BCUT2D eigenvalue weighted by molar-refractivity contribution is 7.98. The van der Waals surface area contributed by atoms with Gasteiger partial charge in [0, 0.05) is 18.8 Å². The van der Waals surface area contributed by atoms with Crippen LogP contribution in [0, 0.1) is 0 Å². The van der Waals surface area contributed by atoms with Crippen molar-refractivity contribution in [3.05, 3.63) is 0 Å². The Morgan fingerprint density at radius 2 is 2.15 bits per heavy atom. The molecule has 0 aliphatic heterocycles. The van der Waals surface area contributed by atoms with Crippen LogP contribution in [0.1, 0.15) is 20.3 Å². The molecular formula is C9H19NOS2. The molecule has 2 unspecified atom stereocenters. The zero-order chi connectivity index (χ0) is 10.4. The molecule has 0 N–H and O–H groups in total. The number of thioether (sulfide) groups is 1. The lowest BCUT2D eigenvalue weighted by Gasteiger charge is -2.27. The topological polar surface area (TPSA) is 20.3 Å². The maximum absolute atomic E-state index is 11.6. The minimum Gasteiger partial charge on any atom is -0.341 e. The first-order valence-corrected chi connectivity index (χ1v) is 6.39. The largest absolute Gasteiger partial charge is 0.341 e. The van der Waals surface area contributed by atoms with Crippen LogP contribution in [0.5, 0.6) is 0 Å². The molecule has 2 nitrogen and oxygen atoms in total. The average Bonchev–Trinajstić information content (AvgIpc) is 2.11. The maximum atomic E-state index is 11.6. The zero-order valence-corrected chi connectivity index (χ0v) is 10.5. The maximum Gasteiger partial charge on any atom is 0.235 e. The van der Waals surface area contributed by atoms with Gasteiger partial charge in [-0.05, 0) is 19.6 Å². The summed E-state index contributed by atoms with van der Waals surface area (Å²) in [5, 5.41) is -0.194. The molecular weight excluding hydrogens is 202 g/mol. The fourth-order valence-corrected chi connectivity index (χ4v) is 2.20. The highest BCUT2D eigenvalue weighted by Gasteiger charge is 2.20. The van der Waals surface area contributed by atoms with Crippen LogP contribution in [-0.4, -0.2) is 41.2 Å². The minimum atomic E-state index is -0.194. The first-order valence-electron chi connectivity index (χ1n) is 4.48. The Morgan fingerprint density at radius 3 is 2.46 bits per heavy atom. The SMILES string of the molecule is CCC(CSC)N(C)C(=O)C(C)S. The molecule has 0 bridgehead atoms. The molecule has 2 atom stereocenters. The fraction of sp³-hybridized carbons (Fsp3) is 0.889. The predicted molar refractivity (Wildman–Crippen MR) is 63.7 cm³/mol. The van der Waals surface area contributed by atoms with Crippen molar-refractivity contribution in [1.82, 2.24) is 4.90 Å². The van der Waals surface area contributed by atoms with Gasteiger partial charge in [0.05, 0.1) is 5.25 Å². The number of carbonyl (C=O) groups is 1. The van der Waals surface area contributed by atoms with Gasteiger partial charge in [0.1, 0.15) is 0 Å². The van der Waals surface area contributed by atoms with Gasteiger partial charge in [0.15, 0.2) is 0 Å². The van der Waals surface area contributed by atoms with Gasteiger partial charge in [-0.25, -0.2) is 0 Å². The van der Waals surface area contributed by atoms with E-state index >= 15 is 0 Å². The number of nitrogens with zero attached hydrogens (tertiary/aromatic N) is 1. The molecule has 0 aromatic rings. The van der Waals surface area contributed by atoms with Crippen molar-refractivity contribution < 1.29 is 4.79 Å².